The summed E-state index contributed by atoms with van der Waals surface area (Å²) < 4.78 is 15.6. The second-order valence-corrected chi connectivity index (χ2v) is 7.60. The van der Waals surface area contributed by atoms with Crippen LogP contribution in [0.25, 0.3) is 0 Å². The van der Waals surface area contributed by atoms with Crippen LogP contribution in [-0.2, 0) is 0 Å². The molecule has 1 aliphatic heterocycles. The minimum Gasteiger partial charge on any atom is -0.314 e. The third-order valence-electron chi connectivity index (χ3n) is 3.88. The lowest BCUT2D eigenvalue weighted by molar-refractivity contribution is 0.0833. The monoisotopic (exact) mass is 378 g/mol. The number of hydrogen-bond donors (Lipinski definition) is 1. The maximum absolute atomic E-state index is 14.7. The Balaban J connectivity index is 0.00000220. The van der Waals surface area contributed by atoms with E-state index in [0.717, 1.165) is 36.2 Å². The van der Waals surface area contributed by atoms with Crippen molar-refractivity contribution in [1.29, 1.82) is 0 Å². The molecule has 1 heterocycles. The maximum atomic E-state index is 14.7. The first-order chi connectivity index (χ1) is 9.30. The number of hydrogen-bond acceptors (Lipinski definition) is 2. The van der Waals surface area contributed by atoms with Crippen LogP contribution in [0.1, 0.15) is 37.9 Å². The highest BCUT2D eigenvalue weighted by Gasteiger charge is 2.34. The number of halogens is 3. The summed E-state index contributed by atoms with van der Waals surface area (Å²) in [5.74, 6) is -0.0633. The van der Waals surface area contributed by atoms with Crippen molar-refractivity contribution < 1.29 is 4.39 Å². The third-order valence-corrected chi connectivity index (χ3v) is 4.34. The van der Waals surface area contributed by atoms with E-state index >= 15 is 0 Å². The SMILES string of the molecule is Cc1cc(Br)cc([C@@H](N2CCNCC2)C(C)(C)C)c1F.Cl. The molecule has 120 valence electrons. The highest BCUT2D eigenvalue weighted by atomic mass is 79.9. The number of nitrogens with one attached hydrogen (secondary N) is 1. The Labute approximate surface area is 142 Å². The highest BCUT2D eigenvalue weighted by molar-refractivity contribution is 9.10. The molecule has 0 radical (unpaired) electrons. The van der Waals surface area contributed by atoms with Crippen molar-refractivity contribution >= 4 is 28.3 Å². The quantitative estimate of drug-likeness (QED) is 0.823. The van der Waals surface area contributed by atoms with Crippen molar-refractivity contribution in [3.8, 4) is 0 Å². The predicted octanol–water partition coefficient (Wildman–Crippen LogP) is 4.31. The molecule has 0 spiro atoms. The molecule has 1 aromatic rings. The Morgan fingerprint density at radius 3 is 2.33 bits per heavy atom. The van der Waals surface area contributed by atoms with Gasteiger partial charge in [0, 0.05) is 42.3 Å². The molecule has 0 saturated carbocycles. The van der Waals surface area contributed by atoms with Crippen molar-refractivity contribution in [2.24, 2.45) is 5.41 Å². The fourth-order valence-electron chi connectivity index (χ4n) is 3.10. The van der Waals surface area contributed by atoms with Crippen molar-refractivity contribution in [3.63, 3.8) is 0 Å². The summed E-state index contributed by atoms with van der Waals surface area (Å²) in [6.07, 6.45) is 0. The Hall–Kier alpha value is -0.160. The van der Waals surface area contributed by atoms with Gasteiger partial charge in [0.05, 0.1) is 0 Å². The molecule has 1 aliphatic rings. The van der Waals surface area contributed by atoms with Crippen LogP contribution < -0.4 is 5.32 Å². The summed E-state index contributed by atoms with van der Waals surface area (Å²) in [4.78, 5) is 2.40. The van der Waals surface area contributed by atoms with Crippen LogP contribution in [0.4, 0.5) is 4.39 Å². The number of rotatable bonds is 2. The van der Waals surface area contributed by atoms with E-state index in [-0.39, 0.29) is 29.7 Å². The smallest absolute Gasteiger partial charge is 0.130 e. The Morgan fingerprint density at radius 2 is 1.81 bits per heavy atom. The van der Waals surface area contributed by atoms with Crippen molar-refractivity contribution in [3.05, 3.63) is 33.5 Å². The van der Waals surface area contributed by atoms with Crippen molar-refractivity contribution in [2.45, 2.75) is 33.7 Å². The Bertz CT molecular complexity index is 482. The van der Waals surface area contributed by atoms with Crippen molar-refractivity contribution in [1.82, 2.24) is 10.2 Å². The Morgan fingerprint density at radius 1 is 1.24 bits per heavy atom. The molecule has 21 heavy (non-hydrogen) atoms. The van der Waals surface area contributed by atoms with Gasteiger partial charge in [0.15, 0.2) is 0 Å². The summed E-state index contributed by atoms with van der Waals surface area (Å²) in [6, 6.07) is 3.89. The van der Waals surface area contributed by atoms with E-state index in [1.54, 1.807) is 0 Å². The van der Waals surface area contributed by atoms with E-state index in [4.69, 9.17) is 0 Å². The fourth-order valence-corrected chi connectivity index (χ4v) is 3.69. The van der Waals surface area contributed by atoms with Gasteiger partial charge in [0.25, 0.3) is 0 Å². The number of benzene rings is 1. The van der Waals surface area contributed by atoms with Crippen molar-refractivity contribution in [2.75, 3.05) is 26.2 Å². The molecule has 1 atom stereocenters. The molecule has 2 nitrogen and oxygen atoms in total. The van der Waals surface area contributed by atoms with Crippen LogP contribution in [0, 0.1) is 18.2 Å². The van der Waals surface area contributed by atoms with Gasteiger partial charge in [-0.1, -0.05) is 36.7 Å². The van der Waals surface area contributed by atoms with Gasteiger partial charge >= 0.3 is 0 Å². The lowest BCUT2D eigenvalue weighted by atomic mass is 9.80. The van der Waals surface area contributed by atoms with Crippen LogP contribution in [0.2, 0.25) is 0 Å². The fraction of sp³-hybridized carbons (Fsp3) is 0.625. The summed E-state index contributed by atoms with van der Waals surface area (Å²) in [5, 5.41) is 3.37. The summed E-state index contributed by atoms with van der Waals surface area (Å²) in [5.41, 5.74) is 1.51. The first-order valence-electron chi connectivity index (χ1n) is 7.21. The highest BCUT2D eigenvalue weighted by Crippen LogP contribution is 2.40. The first kappa shape index (κ1) is 18.9. The molecule has 1 aromatic carbocycles. The molecule has 0 unspecified atom stereocenters. The lowest BCUT2D eigenvalue weighted by Gasteiger charge is -2.43. The number of nitrogens with zero attached hydrogens (tertiary/aromatic N) is 1. The summed E-state index contributed by atoms with van der Waals surface area (Å²) >= 11 is 3.51. The standard InChI is InChI=1S/C16H24BrFN2.ClH/c1-11-9-12(17)10-13(14(11)18)15(16(2,3)4)20-7-5-19-6-8-20;/h9-10,15,19H,5-8H2,1-4H3;1H/t15-;/m1./s1. The van der Waals surface area contributed by atoms with E-state index in [2.05, 4.69) is 46.9 Å². The van der Waals surface area contributed by atoms with Crippen LogP contribution in [0.15, 0.2) is 16.6 Å². The maximum Gasteiger partial charge on any atom is 0.130 e. The molecule has 0 aromatic heterocycles. The van der Waals surface area contributed by atoms with Gasteiger partial charge < -0.3 is 5.32 Å². The second kappa shape index (κ2) is 7.40. The molecule has 0 amide bonds. The largest absolute Gasteiger partial charge is 0.314 e. The van der Waals surface area contributed by atoms with Gasteiger partial charge in [-0.2, -0.15) is 0 Å². The zero-order chi connectivity index (χ0) is 14.9. The molecular formula is C16H25BrClFN2. The third kappa shape index (κ3) is 4.41. The molecule has 1 fully saturated rings. The van der Waals surface area contributed by atoms with Gasteiger partial charge in [0.1, 0.15) is 5.82 Å². The number of piperazine rings is 1. The molecule has 1 N–H and O–H groups in total. The molecule has 0 aliphatic carbocycles. The molecule has 5 heteroatoms. The molecule has 1 saturated heterocycles. The predicted molar refractivity (Wildman–Crippen MR) is 92.7 cm³/mol. The van der Waals surface area contributed by atoms with Gasteiger partial charge in [-0.25, -0.2) is 4.39 Å². The lowest BCUT2D eigenvalue weighted by Crippen LogP contribution is -2.48. The second-order valence-electron chi connectivity index (χ2n) is 6.68. The zero-order valence-electron chi connectivity index (χ0n) is 13.2. The first-order valence-corrected chi connectivity index (χ1v) is 8.00. The van der Waals surface area contributed by atoms with E-state index in [0.29, 0.717) is 5.56 Å². The average Bonchev–Trinajstić information content (AvgIpc) is 2.35. The zero-order valence-corrected chi connectivity index (χ0v) is 15.6. The number of aryl methyl sites for hydroxylation is 1. The van der Waals surface area contributed by atoms with Gasteiger partial charge in [-0.05, 0) is 30.0 Å². The van der Waals surface area contributed by atoms with Gasteiger partial charge in [-0.15, -0.1) is 12.4 Å². The molecule has 0 bridgehead atoms. The van der Waals surface area contributed by atoms with Crippen LogP contribution in [-0.4, -0.2) is 31.1 Å². The van der Waals surface area contributed by atoms with Gasteiger partial charge in [-0.3, -0.25) is 4.90 Å². The van der Waals surface area contributed by atoms with E-state index < -0.39 is 0 Å². The van der Waals surface area contributed by atoms with Crippen LogP contribution >= 0.6 is 28.3 Å². The van der Waals surface area contributed by atoms with Gasteiger partial charge in [0.2, 0.25) is 0 Å². The molecule has 2 rings (SSSR count). The topological polar surface area (TPSA) is 15.3 Å². The van der Waals surface area contributed by atoms with E-state index in [1.165, 1.54) is 0 Å². The van der Waals surface area contributed by atoms with Crippen LogP contribution in [0.5, 0.6) is 0 Å². The normalized spacial score (nSPS) is 18.2. The minimum absolute atomic E-state index is 0. The summed E-state index contributed by atoms with van der Waals surface area (Å²) in [6.45, 7) is 12.3. The van der Waals surface area contributed by atoms with Crippen LogP contribution in [0.3, 0.4) is 0 Å². The van der Waals surface area contributed by atoms with E-state index in [1.807, 2.05) is 19.1 Å². The molecular weight excluding hydrogens is 355 g/mol. The summed E-state index contributed by atoms with van der Waals surface area (Å²) in [7, 11) is 0. The Kier molecular flexibility index (Phi) is 6.66. The van der Waals surface area contributed by atoms with E-state index in [9.17, 15) is 4.39 Å². The average molecular weight is 380 g/mol. The minimum atomic E-state index is -0.0633.